The normalized spacial score (nSPS) is 19.3. The van der Waals surface area contributed by atoms with Crippen LogP contribution in [-0.2, 0) is 38.1 Å². The smallest absolute Gasteiger partial charge is 0.330 e. The number of unbranched alkanes of at least 4 members (excludes halogenated alkanes) is 6. The van der Waals surface area contributed by atoms with Crippen molar-refractivity contribution < 1.29 is 57.1 Å². The number of hydrogen-bond acceptors (Lipinski definition) is 12. The van der Waals surface area contributed by atoms with E-state index in [2.05, 4.69) is 13.2 Å². The standard InChI is InChI=1S/C53H70O12/c1-4-50(54)60-34-12-8-6-10-32-58-44-22-26-46(27-23-44)64-52(56)42-18-14-40(15-19-42)37-62-48-30-31-49(39(3)36-48)63-38-41-16-20-43(21-17-41)53(57)65-47-28-24-45(25-29-47)59-33-11-7-9-13-35-61-51(55)5-2/h4-5,22-24,26-28,30-31,36,40-43H,1-2,6-21,25,29,32-35,37-38H2,3H3. The Morgan fingerprint density at radius 3 is 1.54 bits per heavy atom. The van der Waals surface area contributed by atoms with E-state index in [9.17, 15) is 19.2 Å². The predicted molar refractivity (Wildman–Crippen MR) is 247 cm³/mol. The van der Waals surface area contributed by atoms with Gasteiger partial charge in [-0.05, 0) is 182 Å². The summed E-state index contributed by atoms with van der Waals surface area (Å²) < 4.78 is 45.7. The first kappa shape index (κ1) is 50.5. The highest BCUT2D eigenvalue weighted by atomic mass is 16.5. The zero-order valence-corrected chi connectivity index (χ0v) is 38.4. The highest BCUT2D eigenvalue weighted by Gasteiger charge is 2.30. The number of carbonyl (C=O) groups is 4. The van der Waals surface area contributed by atoms with Crippen molar-refractivity contribution >= 4 is 23.9 Å². The van der Waals surface area contributed by atoms with Crippen molar-refractivity contribution in [1.82, 2.24) is 0 Å². The minimum atomic E-state index is -0.387. The molecule has 12 heteroatoms. The van der Waals surface area contributed by atoms with Gasteiger partial charge in [0, 0.05) is 25.0 Å². The molecule has 2 aromatic carbocycles. The van der Waals surface area contributed by atoms with Crippen LogP contribution in [0.3, 0.4) is 0 Å². The van der Waals surface area contributed by atoms with Gasteiger partial charge in [0.1, 0.15) is 28.8 Å². The van der Waals surface area contributed by atoms with E-state index in [4.69, 9.17) is 37.9 Å². The third-order valence-corrected chi connectivity index (χ3v) is 12.3. The Bertz CT molecular complexity index is 1880. The molecular weight excluding hydrogens is 829 g/mol. The first-order chi connectivity index (χ1) is 31.7. The van der Waals surface area contributed by atoms with Crippen molar-refractivity contribution in [1.29, 1.82) is 0 Å². The summed E-state index contributed by atoms with van der Waals surface area (Å²) in [4.78, 5) is 48.1. The van der Waals surface area contributed by atoms with Gasteiger partial charge in [-0.3, -0.25) is 9.59 Å². The fourth-order valence-electron chi connectivity index (χ4n) is 8.22. The van der Waals surface area contributed by atoms with E-state index in [1.165, 1.54) is 12.2 Å². The maximum absolute atomic E-state index is 13.0. The number of rotatable bonds is 28. The molecule has 0 unspecified atom stereocenters. The molecule has 0 N–H and O–H groups in total. The molecule has 0 amide bonds. The van der Waals surface area contributed by atoms with Gasteiger partial charge in [-0.1, -0.05) is 13.2 Å². The Morgan fingerprint density at radius 2 is 1.00 bits per heavy atom. The third-order valence-electron chi connectivity index (χ3n) is 12.3. The Kier molecular flexibility index (Phi) is 22.1. The molecular formula is C53H70O12. The number of ether oxygens (including phenoxy) is 8. The molecule has 354 valence electrons. The maximum Gasteiger partial charge on any atom is 0.330 e. The van der Waals surface area contributed by atoms with Crippen LogP contribution in [0.15, 0.2) is 91.4 Å². The fourth-order valence-corrected chi connectivity index (χ4v) is 8.22. The molecule has 0 aliphatic heterocycles. The molecule has 2 fully saturated rings. The van der Waals surface area contributed by atoms with Crippen LogP contribution in [0.4, 0.5) is 0 Å². The van der Waals surface area contributed by atoms with E-state index < -0.39 is 0 Å². The highest BCUT2D eigenvalue weighted by Crippen LogP contribution is 2.34. The zero-order chi connectivity index (χ0) is 46.1. The van der Waals surface area contributed by atoms with Crippen LogP contribution < -0.4 is 18.9 Å². The zero-order valence-electron chi connectivity index (χ0n) is 38.4. The van der Waals surface area contributed by atoms with Gasteiger partial charge in [-0.25, -0.2) is 9.59 Å². The topological polar surface area (TPSA) is 142 Å². The lowest BCUT2D eigenvalue weighted by Gasteiger charge is -2.28. The minimum absolute atomic E-state index is 0.0937. The molecule has 3 aliphatic rings. The molecule has 0 saturated heterocycles. The van der Waals surface area contributed by atoms with E-state index in [-0.39, 0.29) is 35.7 Å². The lowest BCUT2D eigenvalue weighted by Crippen LogP contribution is -2.27. The second-order valence-electron chi connectivity index (χ2n) is 17.3. The summed E-state index contributed by atoms with van der Waals surface area (Å²) in [5.74, 6) is 3.97. The van der Waals surface area contributed by atoms with Crippen molar-refractivity contribution in [3.63, 3.8) is 0 Å². The molecule has 0 aromatic heterocycles. The molecule has 0 spiro atoms. The summed E-state index contributed by atoms with van der Waals surface area (Å²) in [5, 5.41) is 0. The number of hydrogen-bond donors (Lipinski definition) is 0. The molecule has 2 saturated carbocycles. The van der Waals surface area contributed by atoms with Crippen LogP contribution >= 0.6 is 0 Å². The molecule has 2 aromatic rings. The van der Waals surface area contributed by atoms with Crippen molar-refractivity contribution in [2.24, 2.45) is 23.7 Å². The highest BCUT2D eigenvalue weighted by molar-refractivity contribution is 5.81. The Balaban J connectivity index is 0.889. The Morgan fingerprint density at radius 1 is 0.523 bits per heavy atom. The lowest BCUT2D eigenvalue weighted by molar-refractivity contribution is -0.146. The summed E-state index contributed by atoms with van der Waals surface area (Å²) in [6.07, 6.45) is 21.7. The number of esters is 4. The van der Waals surface area contributed by atoms with E-state index in [0.29, 0.717) is 75.8 Å². The first-order valence-corrected chi connectivity index (χ1v) is 23.8. The van der Waals surface area contributed by atoms with E-state index in [1.54, 1.807) is 12.1 Å². The van der Waals surface area contributed by atoms with Crippen molar-refractivity contribution in [2.75, 3.05) is 39.6 Å². The number of carbonyl (C=O) groups excluding carboxylic acids is 4. The summed E-state index contributed by atoms with van der Waals surface area (Å²) in [6.45, 7) is 12.1. The molecule has 0 bridgehead atoms. The monoisotopic (exact) mass is 898 g/mol. The Hall–Kier alpha value is -5.52. The predicted octanol–water partition coefficient (Wildman–Crippen LogP) is 11.1. The lowest BCUT2D eigenvalue weighted by atomic mass is 9.82. The Labute approximate surface area is 385 Å². The van der Waals surface area contributed by atoms with Crippen LogP contribution in [-0.4, -0.2) is 63.5 Å². The van der Waals surface area contributed by atoms with Gasteiger partial charge in [0.25, 0.3) is 0 Å². The van der Waals surface area contributed by atoms with Crippen molar-refractivity contribution in [2.45, 2.75) is 122 Å². The van der Waals surface area contributed by atoms with E-state index >= 15 is 0 Å². The first-order valence-electron chi connectivity index (χ1n) is 23.8. The fraction of sp³-hybridized carbons (Fsp3) is 0.547. The van der Waals surface area contributed by atoms with Crippen LogP contribution in [0.5, 0.6) is 23.0 Å². The molecule has 0 radical (unpaired) electrons. The van der Waals surface area contributed by atoms with Crippen LogP contribution in [0.1, 0.15) is 121 Å². The van der Waals surface area contributed by atoms with E-state index in [1.807, 2.05) is 49.4 Å². The van der Waals surface area contributed by atoms with Crippen molar-refractivity contribution in [3.8, 4) is 23.0 Å². The maximum atomic E-state index is 13.0. The second-order valence-corrected chi connectivity index (χ2v) is 17.3. The van der Waals surface area contributed by atoms with E-state index in [0.717, 1.165) is 131 Å². The van der Waals surface area contributed by atoms with Gasteiger partial charge in [-0.2, -0.15) is 0 Å². The molecule has 3 aliphatic carbocycles. The summed E-state index contributed by atoms with van der Waals surface area (Å²) >= 11 is 0. The van der Waals surface area contributed by atoms with Crippen LogP contribution in [0.2, 0.25) is 0 Å². The average Bonchev–Trinajstić information content (AvgIpc) is 3.33. The molecule has 65 heavy (non-hydrogen) atoms. The quantitative estimate of drug-likeness (QED) is 0.0264. The third kappa shape index (κ3) is 18.9. The minimum Gasteiger partial charge on any atom is -0.498 e. The SMILES string of the molecule is C=CC(=O)OCCCCCCOC1=CC=C(OC(=O)C2CCC(COc3ccc(OCC4CCC(C(=O)Oc5ccc(OCCCCCCOC(=O)C=C)cc5)CC4)cc3C)CC2)CC1. The van der Waals surface area contributed by atoms with Gasteiger partial charge < -0.3 is 37.9 Å². The number of aryl methyl sites for hydroxylation is 1. The summed E-state index contributed by atoms with van der Waals surface area (Å²) in [7, 11) is 0. The van der Waals surface area contributed by atoms with Crippen molar-refractivity contribution in [3.05, 3.63) is 97.0 Å². The van der Waals surface area contributed by atoms with Gasteiger partial charge in [-0.15, -0.1) is 0 Å². The molecule has 0 heterocycles. The summed E-state index contributed by atoms with van der Waals surface area (Å²) in [6, 6.07) is 13.2. The largest absolute Gasteiger partial charge is 0.498 e. The second kappa shape index (κ2) is 28.4. The van der Waals surface area contributed by atoms with Crippen LogP contribution in [0.25, 0.3) is 0 Å². The average molecular weight is 899 g/mol. The van der Waals surface area contributed by atoms with Gasteiger partial charge in [0.15, 0.2) is 0 Å². The van der Waals surface area contributed by atoms with Gasteiger partial charge >= 0.3 is 23.9 Å². The number of benzene rings is 2. The van der Waals surface area contributed by atoms with Crippen LogP contribution in [0, 0.1) is 30.6 Å². The van der Waals surface area contributed by atoms with Gasteiger partial charge in [0.2, 0.25) is 0 Å². The molecule has 0 atom stereocenters. The molecule has 12 nitrogen and oxygen atoms in total. The van der Waals surface area contributed by atoms with Gasteiger partial charge in [0.05, 0.1) is 57.2 Å². The molecule has 5 rings (SSSR count). The summed E-state index contributed by atoms with van der Waals surface area (Å²) in [5.41, 5.74) is 1.02. The number of allylic oxidation sites excluding steroid dienone is 4.